The van der Waals surface area contributed by atoms with Crippen molar-refractivity contribution in [2.24, 2.45) is 0 Å². The molecule has 2 aliphatic heterocycles. The Labute approximate surface area is 133 Å². The zero-order valence-electron chi connectivity index (χ0n) is 12.6. The Morgan fingerprint density at radius 3 is 3.00 bits per heavy atom. The van der Waals surface area contributed by atoms with Gasteiger partial charge in [0.1, 0.15) is 5.75 Å². The maximum absolute atomic E-state index is 12.6. The average Bonchev–Trinajstić information content (AvgIpc) is 3.05. The quantitative estimate of drug-likeness (QED) is 0.891. The third kappa shape index (κ3) is 2.68. The minimum absolute atomic E-state index is 0.0405. The first-order valence-corrected chi connectivity index (χ1v) is 7.77. The number of amides is 1. The third-order valence-electron chi connectivity index (χ3n) is 4.57. The van der Waals surface area contributed by atoms with E-state index < -0.39 is 0 Å². The Hall–Kier alpha value is -2.41. The van der Waals surface area contributed by atoms with Gasteiger partial charge in [-0.15, -0.1) is 5.10 Å². The van der Waals surface area contributed by atoms with Gasteiger partial charge in [-0.2, -0.15) is 0 Å². The SMILES string of the molecule is O=C(Cc1ccc(O)cc1)N1CCC2OCc3cnnn3C2C1. The first-order valence-electron chi connectivity index (χ1n) is 7.77. The van der Waals surface area contributed by atoms with Crippen molar-refractivity contribution < 1.29 is 14.6 Å². The van der Waals surface area contributed by atoms with Crippen LogP contribution in [0.5, 0.6) is 5.75 Å². The van der Waals surface area contributed by atoms with E-state index in [2.05, 4.69) is 10.3 Å². The van der Waals surface area contributed by atoms with Crippen molar-refractivity contribution in [2.45, 2.75) is 31.6 Å². The molecule has 1 aromatic heterocycles. The van der Waals surface area contributed by atoms with Gasteiger partial charge in [0.05, 0.1) is 37.1 Å². The summed E-state index contributed by atoms with van der Waals surface area (Å²) in [6.07, 6.45) is 2.96. The number of phenolic OH excluding ortho intramolecular Hbond substituents is 1. The number of carbonyl (C=O) groups is 1. The normalized spacial score (nSPS) is 23.2. The Bertz CT molecular complexity index is 712. The van der Waals surface area contributed by atoms with E-state index in [1.807, 2.05) is 9.58 Å². The largest absolute Gasteiger partial charge is 0.508 e. The molecule has 1 amide bonds. The van der Waals surface area contributed by atoms with Crippen molar-refractivity contribution in [3.05, 3.63) is 41.7 Å². The summed E-state index contributed by atoms with van der Waals surface area (Å²) in [5.41, 5.74) is 1.86. The predicted octanol–water partition coefficient (Wildman–Crippen LogP) is 0.899. The summed E-state index contributed by atoms with van der Waals surface area (Å²) in [6.45, 7) is 1.83. The van der Waals surface area contributed by atoms with E-state index in [1.54, 1.807) is 30.5 Å². The molecule has 0 radical (unpaired) electrons. The molecule has 0 saturated carbocycles. The molecule has 0 spiro atoms. The van der Waals surface area contributed by atoms with Gasteiger partial charge >= 0.3 is 0 Å². The lowest BCUT2D eigenvalue weighted by Crippen LogP contribution is -2.50. The van der Waals surface area contributed by atoms with Crippen molar-refractivity contribution in [1.82, 2.24) is 19.9 Å². The molecule has 0 aliphatic carbocycles. The number of aromatic nitrogens is 3. The number of benzene rings is 1. The number of likely N-dealkylation sites (tertiary alicyclic amines) is 1. The number of piperidine rings is 1. The molecule has 7 heteroatoms. The lowest BCUT2D eigenvalue weighted by Gasteiger charge is -2.41. The molecule has 2 aliphatic rings. The molecule has 0 bridgehead atoms. The van der Waals surface area contributed by atoms with Gasteiger partial charge in [-0.05, 0) is 24.1 Å². The standard InChI is InChI=1S/C16H18N4O3/c21-13-3-1-11(2-4-13)7-16(22)19-6-5-15-14(9-19)20-12(10-23-15)8-17-18-20/h1-4,8,14-15,21H,5-7,9-10H2. The molecule has 1 saturated heterocycles. The summed E-state index contributed by atoms with van der Waals surface area (Å²) in [4.78, 5) is 14.4. The number of nitrogens with zero attached hydrogens (tertiary/aromatic N) is 4. The summed E-state index contributed by atoms with van der Waals surface area (Å²) in [7, 11) is 0. The number of hydrogen-bond acceptors (Lipinski definition) is 5. The van der Waals surface area contributed by atoms with Crippen molar-refractivity contribution in [3.63, 3.8) is 0 Å². The number of phenols is 1. The maximum atomic E-state index is 12.6. The summed E-state index contributed by atoms with van der Waals surface area (Å²) in [6, 6.07) is 6.80. The zero-order chi connectivity index (χ0) is 15.8. The second-order valence-corrected chi connectivity index (χ2v) is 6.06. The molecule has 120 valence electrons. The minimum Gasteiger partial charge on any atom is -0.508 e. The van der Waals surface area contributed by atoms with Crippen LogP contribution in [0.25, 0.3) is 0 Å². The Kier molecular flexibility index (Phi) is 3.49. The molecular weight excluding hydrogens is 296 g/mol. The minimum atomic E-state index is 0.0405. The molecule has 2 atom stereocenters. The van der Waals surface area contributed by atoms with E-state index in [0.29, 0.717) is 26.1 Å². The van der Waals surface area contributed by atoms with Gasteiger partial charge in [0.2, 0.25) is 5.91 Å². The summed E-state index contributed by atoms with van der Waals surface area (Å²) < 4.78 is 7.76. The van der Waals surface area contributed by atoms with Crippen LogP contribution in [-0.2, 0) is 22.6 Å². The number of carbonyl (C=O) groups excluding carboxylic acids is 1. The number of aromatic hydroxyl groups is 1. The molecule has 23 heavy (non-hydrogen) atoms. The zero-order valence-corrected chi connectivity index (χ0v) is 12.6. The highest BCUT2D eigenvalue weighted by atomic mass is 16.5. The first kappa shape index (κ1) is 14.2. The summed E-state index contributed by atoms with van der Waals surface area (Å²) in [5.74, 6) is 0.293. The van der Waals surface area contributed by atoms with Crippen molar-refractivity contribution >= 4 is 5.91 Å². The molecule has 2 aromatic rings. The Morgan fingerprint density at radius 1 is 1.35 bits per heavy atom. The number of hydrogen-bond donors (Lipinski definition) is 1. The van der Waals surface area contributed by atoms with Crippen LogP contribution < -0.4 is 0 Å². The molecule has 2 unspecified atom stereocenters. The van der Waals surface area contributed by atoms with Gasteiger partial charge in [-0.1, -0.05) is 17.3 Å². The van der Waals surface area contributed by atoms with E-state index in [9.17, 15) is 9.90 Å². The van der Waals surface area contributed by atoms with Crippen LogP contribution in [-0.4, -0.2) is 50.1 Å². The average molecular weight is 314 g/mol. The molecule has 1 N–H and O–H groups in total. The highest BCUT2D eigenvalue weighted by Gasteiger charge is 2.37. The topological polar surface area (TPSA) is 80.5 Å². The lowest BCUT2D eigenvalue weighted by molar-refractivity contribution is -0.137. The fourth-order valence-corrected chi connectivity index (χ4v) is 3.31. The predicted molar refractivity (Wildman–Crippen MR) is 80.6 cm³/mol. The van der Waals surface area contributed by atoms with E-state index in [0.717, 1.165) is 17.7 Å². The van der Waals surface area contributed by atoms with Gasteiger partial charge in [0.25, 0.3) is 0 Å². The number of rotatable bonds is 2. The molecule has 7 nitrogen and oxygen atoms in total. The van der Waals surface area contributed by atoms with Crippen LogP contribution in [0.1, 0.15) is 23.7 Å². The summed E-state index contributed by atoms with van der Waals surface area (Å²) in [5, 5.41) is 17.4. The van der Waals surface area contributed by atoms with Crippen LogP contribution in [0, 0.1) is 0 Å². The summed E-state index contributed by atoms with van der Waals surface area (Å²) >= 11 is 0. The van der Waals surface area contributed by atoms with Crippen molar-refractivity contribution in [3.8, 4) is 5.75 Å². The second kappa shape index (κ2) is 5.66. The third-order valence-corrected chi connectivity index (χ3v) is 4.57. The molecule has 3 heterocycles. The van der Waals surface area contributed by atoms with Gasteiger partial charge in [0, 0.05) is 13.1 Å². The van der Waals surface area contributed by atoms with Gasteiger partial charge in [-0.3, -0.25) is 4.79 Å². The highest BCUT2D eigenvalue weighted by Crippen LogP contribution is 2.30. The fourth-order valence-electron chi connectivity index (χ4n) is 3.31. The van der Waals surface area contributed by atoms with Crippen LogP contribution in [0.15, 0.2) is 30.5 Å². The molecular formula is C16H18N4O3. The van der Waals surface area contributed by atoms with Crippen molar-refractivity contribution in [2.75, 3.05) is 13.1 Å². The molecule has 1 fully saturated rings. The van der Waals surface area contributed by atoms with Gasteiger partial charge in [0.15, 0.2) is 0 Å². The van der Waals surface area contributed by atoms with Gasteiger partial charge in [-0.25, -0.2) is 4.68 Å². The van der Waals surface area contributed by atoms with Gasteiger partial charge < -0.3 is 14.7 Å². The van der Waals surface area contributed by atoms with Crippen LogP contribution in [0.2, 0.25) is 0 Å². The van der Waals surface area contributed by atoms with E-state index in [1.165, 1.54) is 0 Å². The lowest BCUT2D eigenvalue weighted by atomic mass is 9.99. The van der Waals surface area contributed by atoms with Crippen molar-refractivity contribution in [1.29, 1.82) is 0 Å². The highest BCUT2D eigenvalue weighted by molar-refractivity contribution is 5.79. The monoisotopic (exact) mass is 314 g/mol. The molecule has 4 rings (SSSR count). The Morgan fingerprint density at radius 2 is 2.17 bits per heavy atom. The number of ether oxygens (including phenoxy) is 1. The number of fused-ring (bicyclic) bond motifs is 3. The van der Waals surface area contributed by atoms with E-state index >= 15 is 0 Å². The smallest absolute Gasteiger partial charge is 0.227 e. The van der Waals surface area contributed by atoms with Crippen LogP contribution >= 0.6 is 0 Å². The van der Waals surface area contributed by atoms with Crippen LogP contribution in [0.4, 0.5) is 0 Å². The molecule has 1 aromatic carbocycles. The Balaban J connectivity index is 1.47. The first-order chi connectivity index (χ1) is 11.2. The fraction of sp³-hybridized carbons (Fsp3) is 0.438. The van der Waals surface area contributed by atoms with E-state index in [-0.39, 0.29) is 23.8 Å². The maximum Gasteiger partial charge on any atom is 0.227 e. The second-order valence-electron chi connectivity index (χ2n) is 6.06. The van der Waals surface area contributed by atoms with E-state index in [4.69, 9.17) is 4.74 Å². The van der Waals surface area contributed by atoms with Crippen LogP contribution in [0.3, 0.4) is 0 Å².